The summed E-state index contributed by atoms with van der Waals surface area (Å²) in [6.45, 7) is 4.49. The first-order valence-electron chi connectivity index (χ1n) is 8.18. The maximum atomic E-state index is 12.3. The van der Waals surface area contributed by atoms with Gasteiger partial charge in [-0.2, -0.15) is 0 Å². The van der Waals surface area contributed by atoms with Gasteiger partial charge in [-0.05, 0) is 18.2 Å². The number of benzene rings is 2. The van der Waals surface area contributed by atoms with E-state index in [0.29, 0.717) is 5.69 Å². The van der Waals surface area contributed by atoms with Gasteiger partial charge in [0.25, 0.3) is 11.6 Å². The summed E-state index contributed by atoms with van der Waals surface area (Å²) in [5.74, 6) is -0.487. The minimum absolute atomic E-state index is 0.0503. The highest BCUT2D eigenvalue weighted by Gasteiger charge is 2.19. The van der Waals surface area contributed by atoms with Gasteiger partial charge in [0, 0.05) is 17.3 Å². The second kappa shape index (κ2) is 7.87. The zero-order valence-electron chi connectivity index (χ0n) is 13.7. The number of hydrogen-bond donors (Lipinski definition) is 2. The van der Waals surface area contributed by atoms with Crippen molar-refractivity contribution in [1.82, 2.24) is 0 Å². The maximum absolute atomic E-state index is 12.3. The Bertz CT molecular complexity index is 755. The average Bonchev–Trinajstić information content (AvgIpc) is 2.64. The van der Waals surface area contributed by atoms with Crippen LogP contribution >= 0.6 is 0 Å². The van der Waals surface area contributed by atoms with Gasteiger partial charge in [-0.3, -0.25) is 14.9 Å². The van der Waals surface area contributed by atoms with E-state index in [-0.39, 0.29) is 11.3 Å². The fourth-order valence-corrected chi connectivity index (χ4v) is 2.85. The van der Waals surface area contributed by atoms with Gasteiger partial charge in [0.2, 0.25) is 0 Å². The van der Waals surface area contributed by atoms with Gasteiger partial charge in [0.15, 0.2) is 0 Å². The third kappa shape index (κ3) is 4.40. The Hall–Kier alpha value is -2.77. The summed E-state index contributed by atoms with van der Waals surface area (Å²) in [6.07, 6.45) is 0. The molecule has 1 saturated heterocycles. The Kier molecular flexibility index (Phi) is 5.37. The molecule has 1 heterocycles. The Morgan fingerprint density at radius 2 is 1.80 bits per heavy atom. The van der Waals surface area contributed by atoms with E-state index < -0.39 is 10.8 Å². The van der Waals surface area contributed by atoms with E-state index in [1.807, 2.05) is 24.3 Å². The lowest BCUT2D eigenvalue weighted by Crippen LogP contribution is -3.12. The van der Waals surface area contributed by atoms with E-state index >= 15 is 0 Å². The van der Waals surface area contributed by atoms with Crippen molar-refractivity contribution in [2.75, 3.05) is 31.6 Å². The number of carbonyl (C=O) groups is 1. The van der Waals surface area contributed by atoms with Crippen LogP contribution in [-0.4, -0.2) is 37.1 Å². The number of nitrogens with one attached hydrogen (secondary N) is 2. The average molecular weight is 342 g/mol. The monoisotopic (exact) mass is 342 g/mol. The quantitative estimate of drug-likeness (QED) is 0.633. The van der Waals surface area contributed by atoms with Gasteiger partial charge < -0.3 is 15.0 Å². The van der Waals surface area contributed by atoms with Crippen molar-refractivity contribution >= 4 is 17.3 Å². The number of quaternary nitrogens is 1. The fourth-order valence-electron chi connectivity index (χ4n) is 2.85. The highest BCUT2D eigenvalue weighted by Crippen LogP contribution is 2.19. The highest BCUT2D eigenvalue weighted by molar-refractivity contribution is 6.07. The molecule has 0 spiro atoms. The second-order valence-corrected chi connectivity index (χ2v) is 5.96. The third-order valence-electron chi connectivity index (χ3n) is 4.21. The van der Waals surface area contributed by atoms with Crippen LogP contribution in [0.4, 0.5) is 11.4 Å². The number of nitrogens with zero attached hydrogens (tertiary/aromatic N) is 1. The minimum Gasteiger partial charge on any atom is -0.370 e. The molecule has 0 saturated carbocycles. The summed E-state index contributed by atoms with van der Waals surface area (Å²) in [7, 11) is 0. The van der Waals surface area contributed by atoms with Gasteiger partial charge in [-0.1, -0.05) is 24.3 Å². The lowest BCUT2D eigenvalue weighted by molar-refractivity contribution is -0.921. The van der Waals surface area contributed by atoms with Crippen LogP contribution in [0.1, 0.15) is 15.9 Å². The van der Waals surface area contributed by atoms with E-state index in [1.54, 1.807) is 6.07 Å². The molecule has 0 unspecified atom stereocenters. The molecule has 25 heavy (non-hydrogen) atoms. The zero-order valence-corrected chi connectivity index (χ0v) is 13.7. The molecule has 7 heteroatoms. The number of carbonyl (C=O) groups excluding carboxylic acids is 1. The number of morpholine rings is 1. The number of amides is 1. The Balaban J connectivity index is 1.65. The standard InChI is InChI=1S/C18H19N3O4/c22-18(16-3-1-2-4-17(16)21(23)24)19-15-7-5-14(6-8-15)13-20-9-11-25-12-10-20/h1-8H,9-13H2,(H,19,22)/p+1. The van der Waals surface area contributed by atoms with Gasteiger partial charge in [0.1, 0.15) is 25.2 Å². The van der Waals surface area contributed by atoms with E-state index in [4.69, 9.17) is 4.74 Å². The number of anilines is 1. The van der Waals surface area contributed by atoms with Crippen LogP contribution in [-0.2, 0) is 11.3 Å². The molecule has 1 fully saturated rings. The molecule has 0 atom stereocenters. The maximum Gasteiger partial charge on any atom is 0.282 e. The zero-order chi connectivity index (χ0) is 17.6. The number of ether oxygens (including phenoxy) is 1. The fraction of sp³-hybridized carbons (Fsp3) is 0.278. The van der Waals surface area contributed by atoms with Gasteiger partial charge >= 0.3 is 0 Å². The summed E-state index contributed by atoms with van der Waals surface area (Å²) in [5.41, 5.74) is 1.64. The largest absolute Gasteiger partial charge is 0.370 e. The first kappa shape index (κ1) is 17.1. The molecule has 2 aromatic carbocycles. The first-order valence-corrected chi connectivity index (χ1v) is 8.18. The third-order valence-corrected chi connectivity index (χ3v) is 4.21. The lowest BCUT2D eigenvalue weighted by Gasteiger charge is -2.23. The Morgan fingerprint density at radius 1 is 1.12 bits per heavy atom. The molecular weight excluding hydrogens is 322 g/mol. The van der Waals surface area contributed by atoms with Crippen LogP contribution in [0.3, 0.4) is 0 Å². The summed E-state index contributed by atoms with van der Waals surface area (Å²) < 4.78 is 5.35. The number of nitro groups is 1. The molecule has 0 aliphatic carbocycles. The molecule has 0 radical (unpaired) electrons. The van der Waals surface area contributed by atoms with Crippen LogP contribution in [0.5, 0.6) is 0 Å². The predicted molar refractivity (Wildman–Crippen MR) is 92.7 cm³/mol. The molecular formula is C18H20N3O4+. The molecule has 3 rings (SSSR count). The molecule has 1 amide bonds. The van der Waals surface area contributed by atoms with Gasteiger partial charge in [-0.15, -0.1) is 0 Å². The van der Waals surface area contributed by atoms with Crippen LogP contribution in [0.15, 0.2) is 48.5 Å². The molecule has 0 aromatic heterocycles. The number of para-hydroxylation sites is 1. The SMILES string of the molecule is O=C(Nc1ccc(C[NH+]2CCOCC2)cc1)c1ccccc1[N+](=O)[O-]. The van der Waals surface area contributed by atoms with E-state index in [0.717, 1.165) is 32.8 Å². The van der Waals surface area contributed by atoms with Crippen molar-refractivity contribution < 1.29 is 19.4 Å². The molecule has 1 aliphatic rings. The van der Waals surface area contributed by atoms with E-state index in [2.05, 4.69) is 5.32 Å². The topological polar surface area (TPSA) is 85.9 Å². The highest BCUT2D eigenvalue weighted by atomic mass is 16.6. The van der Waals surface area contributed by atoms with Crippen LogP contribution in [0.25, 0.3) is 0 Å². The Labute approximate surface area is 145 Å². The van der Waals surface area contributed by atoms with Crippen LogP contribution in [0, 0.1) is 10.1 Å². The van der Waals surface area contributed by atoms with Crippen molar-refractivity contribution in [3.8, 4) is 0 Å². The van der Waals surface area contributed by atoms with Crippen LogP contribution in [0.2, 0.25) is 0 Å². The number of hydrogen-bond acceptors (Lipinski definition) is 4. The van der Waals surface area contributed by atoms with Crippen molar-refractivity contribution in [2.24, 2.45) is 0 Å². The molecule has 1 aliphatic heterocycles. The molecule has 0 bridgehead atoms. The second-order valence-electron chi connectivity index (χ2n) is 5.96. The molecule has 130 valence electrons. The van der Waals surface area contributed by atoms with Crippen molar-refractivity contribution in [2.45, 2.75) is 6.54 Å². The smallest absolute Gasteiger partial charge is 0.282 e. The summed E-state index contributed by atoms with van der Waals surface area (Å²) >= 11 is 0. The van der Waals surface area contributed by atoms with Crippen molar-refractivity contribution in [3.05, 3.63) is 69.8 Å². The molecule has 7 nitrogen and oxygen atoms in total. The molecule has 2 aromatic rings. The predicted octanol–water partition coefficient (Wildman–Crippen LogP) is 1.26. The normalized spacial score (nSPS) is 14.9. The van der Waals surface area contributed by atoms with E-state index in [1.165, 1.54) is 28.7 Å². The van der Waals surface area contributed by atoms with Gasteiger partial charge in [0.05, 0.1) is 18.1 Å². The summed E-state index contributed by atoms with van der Waals surface area (Å²) in [4.78, 5) is 24.3. The lowest BCUT2D eigenvalue weighted by atomic mass is 10.1. The van der Waals surface area contributed by atoms with Crippen LogP contribution < -0.4 is 10.2 Å². The van der Waals surface area contributed by atoms with Gasteiger partial charge in [-0.25, -0.2) is 0 Å². The number of nitro benzene ring substituents is 1. The summed E-state index contributed by atoms with van der Waals surface area (Å²) in [5, 5.41) is 13.7. The minimum atomic E-state index is -0.552. The van der Waals surface area contributed by atoms with E-state index in [9.17, 15) is 14.9 Å². The molecule has 2 N–H and O–H groups in total. The number of rotatable bonds is 5. The summed E-state index contributed by atoms with van der Waals surface area (Å²) in [6, 6.07) is 13.5. The van der Waals surface area contributed by atoms with Crippen molar-refractivity contribution in [1.29, 1.82) is 0 Å². The van der Waals surface area contributed by atoms with Crippen molar-refractivity contribution in [3.63, 3.8) is 0 Å². The Morgan fingerprint density at radius 3 is 2.48 bits per heavy atom. The first-order chi connectivity index (χ1) is 12.1.